The molecule has 1 aliphatic carbocycles. The van der Waals surface area contributed by atoms with Crippen molar-refractivity contribution < 1.29 is 0 Å². The van der Waals surface area contributed by atoms with Crippen molar-refractivity contribution in [3.8, 4) is 0 Å². The summed E-state index contributed by atoms with van der Waals surface area (Å²) in [5.41, 5.74) is 0.371. The van der Waals surface area contributed by atoms with E-state index in [0.29, 0.717) is 5.54 Å². The Kier molecular flexibility index (Phi) is 3.42. The van der Waals surface area contributed by atoms with Gasteiger partial charge >= 0.3 is 0 Å². The Morgan fingerprint density at radius 1 is 1.40 bits per heavy atom. The van der Waals surface area contributed by atoms with Gasteiger partial charge in [-0.1, -0.05) is 19.3 Å². The van der Waals surface area contributed by atoms with E-state index in [0.717, 1.165) is 6.54 Å². The SMILES string of the molecule is Cc1ncc(CNC2(C)CCCCC2)s1. The van der Waals surface area contributed by atoms with E-state index in [1.54, 1.807) is 11.3 Å². The molecule has 2 rings (SSSR count). The highest BCUT2D eigenvalue weighted by molar-refractivity contribution is 7.11. The van der Waals surface area contributed by atoms with Crippen LogP contribution in [0.1, 0.15) is 48.9 Å². The van der Waals surface area contributed by atoms with E-state index in [2.05, 4.69) is 24.1 Å². The minimum Gasteiger partial charge on any atom is -0.307 e. The molecule has 0 spiro atoms. The first kappa shape index (κ1) is 11.1. The predicted molar refractivity (Wildman–Crippen MR) is 65.2 cm³/mol. The summed E-state index contributed by atoms with van der Waals surface area (Å²) < 4.78 is 0. The lowest BCUT2D eigenvalue weighted by molar-refractivity contribution is 0.253. The molecular formula is C12H20N2S. The third kappa shape index (κ3) is 3.02. The molecule has 1 saturated carbocycles. The van der Waals surface area contributed by atoms with Gasteiger partial charge in [0, 0.05) is 23.2 Å². The second kappa shape index (κ2) is 4.62. The molecule has 84 valence electrons. The standard InChI is InChI=1S/C12H20N2S/c1-10-13-8-11(15-10)9-14-12(2)6-4-3-5-7-12/h8,14H,3-7,9H2,1-2H3. The Balaban J connectivity index is 1.86. The molecule has 1 aromatic heterocycles. The lowest BCUT2D eigenvalue weighted by Crippen LogP contribution is -2.43. The second-order valence-electron chi connectivity index (χ2n) is 4.82. The van der Waals surface area contributed by atoms with Crippen molar-refractivity contribution in [3.05, 3.63) is 16.1 Å². The molecule has 0 radical (unpaired) electrons. The van der Waals surface area contributed by atoms with Crippen LogP contribution in [0.3, 0.4) is 0 Å². The van der Waals surface area contributed by atoms with Crippen LogP contribution in [0.15, 0.2) is 6.20 Å². The topological polar surface area (TPSA) is 24.9 Å². The van der Waals surface area contributed by atoms with E-state index in [1.807, 2.05) is 6.20 Å². The van der Waals surface area contributed by atoms with Gasteiger partial charge in [0.15, 0.2) is 0 Å². The van der Waals surface area contributed by atoms with Crippen LogP contribution >= 0.6 is 11.3 Å². The van der Waals surface area contributed by atoms with E-state index in [1.165, 1.54) is 42.0 Å². The Hall–Kier alpha value is -0.410. The zero-order chi connectivity index (χ0) is 10.7. The molecule has 1 fully saturated rings. The van der Waals surface area contributed by atoms with Gasteiger partial charge in [0.25, 0.3) is 0 Å². The fraction of sp³-hybridized carbons (Fsp3) is 0.750. The van der Waals surface area contributed by atoms with Gasteiger partial charge in [-0.3, -0.25) is 0 Å². The summed E-state index contributed by atoms with van der Waals surface area (Å²) in [6, 6.07) is 0. The third-order valence-corrected chi connectivity index (χ3v) is 4.23. The van der Waals surface area contributed by atoms with Crippen LogP contribution in [0.5, 0.6) is 0 Å². The molecule has 0 atom stereocenters. The molecule has 1 aromatic rings. The predicted octanol–water partition coefficient (Wildman–Crippen LogP) is 3.26. The van der Waals surface area contributed by atoms with Gasteiger partial charge < -0.3 is 5.32 Å². The van der Waals surface area contributed by atoms with E-state index >= 15 is 0 Å². The first-order valence-corrected chi connectivity index (χ1v) is 6.66. The van der Waals surface area contributed by atoms with Crippen molar-refractivity contribution in [2.75, 3.05) is 0 Å². The number of thiazole rings is 1. The van der Waals surface area contributed by atoms with Crippen LogP contribution in [0.4, 0.5) is 0 Å². The molecule has 15 heavy (non-hydrogen) atoms. The first-order valence-electron chi connectivity index (χ1n) is 5.84. The van der Waals surface area contributed by atoms with Gasteiger partial charge in [0.05, 0.1) is 5.01 Å². The summed E-state index contributed by atoms with van der Waals surface area (Å²) in [5.74, 6) is 0. The van der Waals surface area contributed by atoms with E-state index in [-0.39, 0.29) is 0 Å². The largest absolute Gasteiger partial charge is 0.307 e. The molecule has 2 nitrogen and oxygen atoms in total. The van der Waals surface area contributed by atoms with Crippen LogP contribution in [0.25, 0.3) is 0 Å². The fourth-order valence-electron chi connectivity index (χ4n) is 2.30. The minimum absolute atomic E-state index is 0.371. The van der Waals surface area contributed by atoms with Gasteiger partial charge in [-0.15, -0.1) is 11.3 Å². The third-order valence-electron chi connectivity index (χ3n) is 3.32. The van der Waals surface area contributed by atoms with Crippen LogP contribution in [-0.2, 0) is 6.54 Å². The maximum atomic E-state index is 4.28. The number of aromatic nitrogens is 1. The van der Waals surface area contributed by atoms with Gasteiger partial charge in [0.1, 0.15) is 0 Å². The number of aryl methyl sites for hydroxylation is 1. The van der Waals surface area contributed by atoms with Gasteiger partial charge in [0.2, 0.25) is 0 Å². The van der Waals surface area contributed by atoms with Crippen molar-refractivity contribution >= 4 is 11.3 Å². The van der Waals surface area contributed by atoms with Gasteiger partial charge in [-0.2, -0.15) is 0 Å². The summed E-state index contributed by atoms with van der Waals surface area (Å²) in [6.07, 6.45) is 8.82. The number of hydrogen-bond donors (Lipinski definition) is 1. The van der Waals surface area contributed by atoms with Crippen molar-refractivity contribution in [3.63, 3.8) is 0 Å². The van der Waals surface area contributed by atoms with Gasteiger partial charge in [-0.05, 0) is 26.7 Å². The Morgan fingerprint density at radius 2 is 2.13 bits per heavy atom. The Bertz CT molecular complexity index is 313. The average molecular weight is 224 g/mol. The van der Waals surface area contributed by atoms with Crippen molar-refractivity contribution in [1.82, 2.24) is 10.3 Å². The molecule has 0 unspecified atom stereocenters. The Labute approximate surface area is 96.1 Å². The van der Waals surface area contributed by atoms with Crippen molar-refractivity contribution in [1.29, 1.82) is 0 Å². The molecule has 0 amide bonds. The maximum Gasteiger partial charge on any atom is 0.0897 e. The monoisotopic (exact) mass is 224 g/mol. The zero-order valence-electron chi connectivity index (χ0n) is 9.68. The van der Waals surface area contributed by atoms with E-state index < -0.39 is 0 Å². The Morgan fingerprint density at radius 3 is 2.73 bits per heavy atom. The molecule has 0 aliphatic heterocycles. The molecule has 0 saturated heterocycles. The number of nitrogens with zero attached hydrogens (tertiary/aromatic N) is 1. The summed E-state index contributed by atoms with van der Waals surface area (Å²) in [5, 5.41) is 4.87. The minimum atomic E-state index is 0.371. The highest BCUT2D eigenvalue weighted by atomic mass is 32.1. The molecule has 1 heterocycles. The second-order valence-corrected chi connectivity index (χ2v) is 6.14. The lowest BCUT2D eigenvalue weighted by atomic mass is 9.83. The van der Waals surface area contributed by atoms with Crippen LogP contribution < -0.4 is 5.32 Å². The first-order chi connectivity index (χ1) is 7.18. The number of nitrogens with one attached hydrogen (secondary N) is 1. The van der Waals surface area contributed by atoms with Crippen molar-refractivity contribution in [2.45, 2.75) is 58.0 Å². The van der Waals surface area contributed by atoms with E-state index in [9.17, 15) is 0 Å². The van der Waals surface area contributed by atoms with Crippen LogP contribution in [0.2, 0.25) is 0 Å². The molecule has 0 bridgehead atoms. The smallest absolute Gasteiger partial charge is 0.0897 e. The van der Waals surface area contributed by atoms with E-state index in [4.69, 9.17) is 0 Å². The fourth-order valence-corrected chi connectivity index (χ4v) is 3.03. The average Bonchev–Trinajstić information content (AvgIpc) is 2.63. The van der Waals surface area contributed by atoms with Crippen LogP contribution in [0, 0.1) is 6.92 Å². The van der Waals surface area contributed by atoms with Crippen LogP contribution in [-0.4, -0.2) is 10.5 Å². The van der Waals surface area contributed by atoms with Gasteiger partial charge in [-0.25, -0.2) is 4.98 Å². The maximum absolute atomic E-state index is 4.28. The summed E-state index contributed by atoms with van der Waals surface area (Å²) in [4.78, 5) is 5.64. The summed E-state index contributed by atoms with van der Waals surface area (Å²) in [7, 11) is 0. The lowest BCUT2D eigenvalue weighted by Gasteiger charge is -2.34. The number of rotatable bonds is 3. The molecular weight excluding hydrogens is 204 g/mol. The summed E-state index contributed by atoms with van der Waals surface area (Å²) in [6.45, 7) is 5.42. The number of hydrogen-bond acceptors (Lipinski definition) is 3. The highest BCUT2D eigenvalue weighted by Gasteiger charge is 2.25. The quantitative estimate of drug-likeness (QED) is 0.852. The molecule has 1 aliphatic rings. The summed E-state index contributed by atoms with van der Waals surface area (Å²) >= 11 is 1.80. The van der Waals surface area contributed by atoms with Crippen molar-refractivity contribution in [2.24, 2.45) is 0 Å². The molecule has 3 heteroatoms. The molecule has 1 N–H and O–H groups in total. The normalized spacial score (nSPS) is 20.4. The zero-order valence-corrected chi connectivity index (χ0v) is 10.5. The molecule has 0 aromatic carbocycles. The highest BCUT2D eigenvalue weighted by Crippen LogP contribution is 2.28.